The van der Waals surface area contributed by atoms with Crippen molar-refractivity contribution in [3.63, 3.8) is 0 Å². The first kappa shape index (κ1) is 14.3. The van der Waals surface area contributed by atoms with E-state index in [1.165, 1.54) is 0 Å². The normalized spacial score (nSPS) is 10.9. The van der Waals surface area contributed by atoms with Crippen molar-refractivity contribution in [2.45, 2.75) is 6.92 Å². The van der Waals surface area contributed by atoms with Crippen molar-refractivity contribution >= 4 is 17.4 Å². The van der Waals surface area contributed by atoms with Crippen molar-refractivity contribution in [2.24, 2.45) is 0 Å². The van der Waals surface area contributed by atoms with Gasteiger partial charge < -0.3 is 15.0 Å². The number of ether oxygens (including phenoxy) is 1. The fourth-order valence-electron chi connectivity index (χ4n) is 2.64. The standard InChI is InChI=1S/C17H16N6O/c1-11-15(23-9-3-8-18-17(23)20-11)14-10-19-16(22-14)21-12-4-6-13(24-2)7-5-12/h3-10H,1-2H3,(H2,19,21,22). The van der Waals surface area contributed by atoms with Crippen LogP contribution >= 0.6 is 0 Å². The summed E-state index contributed by atoms with van der Waals surface area (Å²) in [7, 11) is 1.65. The summed E-state index contributed by atoms with van der Waals surface area (Å²) in [5.41, 5.74) is 3.65. The van der Waals surface area contributed by atoms with Crippen molar-refractivity contribution in [3.8, 4) is 17.1 Å². The molecule has 1 aromatic carbocycles. The zero-order chi connectivity index (χ0) is 16.5. The largest absolute Gasteiger partial charge is 0.497 e. The van der Waals surface area contributed by atoms with E-state index >= 15 is 0 Å². The number of aromatic amines is 1. The van der Waals surface area contributed by atoms with E-state index in [0.717, 1.165) is 28.5 Å². The molecule has 3 heterocycles. The Morgan fingerprint density at radius 1 is 1.17 bits per heavy atom. The predicted molar refractivity (Wildman–Crippen MR) is 91.6 cm³/mol. The highest BCUT2D eigenvalue weighted by Crippen LogP contribution is 2.25. The Hall–Kier alpha value is -3.35. The molecule has 24 heavy (non-hydrogen) atoms. The van der Waals surface area contributed by atoms with Gasteiger partial charge in [0.25, 0.3) is 0 Å². The number of rotatable bonds is 4. The number of H-pyrrole nitrogens is 1. The van der Waals surface area contributed by atoms with Crippen molar-refractivity contribution in [1.82, 2.24) is 24.3 Å². The number of aromatic nitrogens is 5. The van der Waals surface area contributed by atoms with Gasteiger partial charge in [-0.25, -0.2) is 15.0 Å². The van der Waals surface area contributed by atoms with E-state index in [0.29, 0.717) is 11.7 Å². The quantitative estimate of drug-likeness (QED) is 0.603. The van der Waals surface area contributed by atoms with E-state index < -0.39 is 0 Å². The van der Waals surface area contributed by atoms with Gasteiger partial charge >= 0.3 is 0 Å². The van der Waals surface area contributed by atoms with Crippen LogP contribution in [0.25, 0.3) is 17.2 Å². The summed E-state index contributed by atoms with van der Waals surface area (Å²) in [4.78, 5) is 16.4. The number of imidazole rings is 2. The third-order valence-corrected chi connectivity index (χ3v) is 3.76. The highest BCUT2D eigenvalue weighted by atomic mass is 16.5. The Morgan fingerprint density at radius 2 is 2.00 bits per heavy atom. The molecule has 4 aromatic rings. The second-order valence-corrected chi connectivity index (χ2v) is 5.33. The van der Waals surface area contributed by atoms with Gasteiger partial charge in [0, 0.05) is 18.1 Å². The minimum Gasteiger partial charge on any atom is -0.497 e. The number of methoxy groups -OCH3 is 1. The molecular formula is C17H16N6O. The molecule has 4 rings (SSSR count). The maximum absolute atomic E-state index is 5.16. The van der Waals surface area contributed by atoms with Crippen LogP contribution in [-0.4, -0.2) is 31.4 Å². The zero-order valence-corrected chi connectivity index (χ0v) is 13.3. The molecule has 0 aliphatic rings. The first-order valence-corrected chi connectivity index (χ1v) is 7.51. The maximum Gasteiger partial charge on any atom is 0.234 e. The number of hydrogen-bond donors (Lipinski definition) is 2. The Labute approximate surface area is 138 Å². The van der Waals surface area contributed by atoms with Crippen LogP contribution in [-0.2, 0) is 0 Å². The van der Waals surface area contributed by atoms with Crippen LogP contribution < -0.4 is 10.1 Å². The lowest BCUT2D eigenvalue weighted by atomic mass is 10.3. The Kier molecular flexibility index (Phi) is 3.38. The van der Waals surface area contributed by atoms with Crippen LogP contribution in [0.4, 0.5) is 11.6 Å². The molecule has 0 unspecified atom stereocenters. The molecule has 0 aliphatic carbocycles. The second kappa shape index (κ2) is 5.69. The summed E-state index contributed by atoms with van der Waals surface area (Å²) >= 11 is 0. The van der Waals surface area contributed by atoms with E-state index in [2.05, 4.69) is 25.3 Å². The minimum atomic E-state index is 0.661. The zero-order valence-electron chi connectivity index (χ0n) is 13.3. The van der Waals surface area contributed by atoms with E-state index in [1.807, 2.05) is 47.9 Å². The molecule has 0 radical (unpaired) electrons. The first-order valence-electron chi connectivity index (χ1n) is 7.51. The van der Waals surface area contributed by atoms with Crippen molar-refractivity contribution in [1.29, 1.82) is 0 Å². The van der Waals surface area contributed by atoms with Crippen LogP contribution in [0.2, 0.25) is 0 Å². The molecule has 0 atom stereocenters. The number of fused-ring (bicyclic) bond motifs is 1. The van der Waals surface area contributed by atoms with Crippen LogP contribution in [0.15, 0.2) is 48.9 Å². The SMILES string of the molecule is COc1ccc(Nc2ncc(-c3c(C)nc4ncccn34)[nH]2)cc1. The molecule has 2 N–H and O–H groups in total. The molecule has 0 spiro atoms. The average Bonchev–Trinajstić information content (AvgIpc) is 3.18. The summed E-state index contributed by atoms with van der Waals surface area (Å²) in [6, 6.07) is 9.54. The lowest BCUT2D eigenvalue weighted by molar-refractivity contribution is 0.415. The van der Waals surface area contributed by atoms with E-state index in [1.54, 1.807) is 19.5 Å². The van der Waals surface area contributed by atoms with Gasteiger partial charge in [-0.3, -0.25) is 4.40 Å². The Bertz CT molecular complexity index is 986. The van der Waals surface area contributed by atoms with Gasteiger partial charge in [0.1, 0.15) is 5.75 Å². The first-order chi connectivity index (χ1) is 11.7. The molecule has 0 saturated carbocycles. The fraction of sp³-hybridized carbons (Fsp3) is 0.118. The molecule has 0 fully saturated rings. The van der Waals surface area contributed by atoms with Gasteiger partial charge in [-0.05, 0) is 37.3 Å². The Balaban J connectivity index is 1.65. The summed E-state index contributed by atoms with van der Waals surface area (Å²) in [5.74, 6) is 2.15. The van der Waals surface area contributed by atoms with Gasteiger partial charge in [-0.2, -0.15) is 0 Å². The lowest BCUT2D eigenvalue weighted by Crippen LogP contribution is -1.93. The molecule has 0 amide bonds. The number of anilines is 2. The number of hydrogen-bond acceptors (Lipinski definition) is 5. The molecular weight excluding hydrogens is 304 g/mol. The van der Waals surface area contributed by atoms with Gasteiger partial charge in [-0.1, -0.05) is 0 Å². The van der Waals surface area contributed by atoms with Crippen LogP contribution in [0, 0.1) is 6.92 Å². The molecule has 7 heteroatoms. The summed E-state index contributed by atoms with van der Waals surface area (Å²) < 4.78 is 7.10. The highest BCUT2D eigenvalue weighted by molar-refractivity contribution is 5.65. The Morgan fingerprint density at radius 3 is 2.79 bits per heavy atom. The topological polar surface area (TPSA) is 80.1 Å². The van der Waals surface area contributed by atoms with Crippen LogP contribution in [0.5, 0.6) is 5.75 Å². The van der Waals surface area contributed by atoms with Gasteiger partial charge in [-0.15, -0.1) is 0 Å². The number of benzene rings is 1. The number of nitrogens with zero attached hydrogens (tertiary/aromatic N) is 4. The fourth-order valence-corrected chi connectivity index (χ4v) is 2.64. The number of aryl methyl sites for hydroxylation is 1. The summed E-state index contributed by atoms with van der Waals surface area (Å²) in [5, 5.41) is 3.24. The van der Waals surface area contributed by atoms with Crippen LogP contribution in [0.3, 0.4) is 0 Å². The predicted octanol–water partition coefficient (Wildman–Crippen LogP) is 3.18. The lowest BCUT2D eigenvalue weighted by Gasteiger charge is -2.04. The van der Waals surface area contributed by atoms with E-state index in [9.17, 15) is 0 Å². The highest BCUT2D eigenvalue weighted by Gasteiger charge is 2.13. The third-order valence-electron chi connectivity index (χ3n) is 3.76. The van der Waals surface area contributed by atoms with Crippen LogP contribution in [0.1, 0.15) is 5.69 Å². The third kappa shape index (κ3) is 2.45. The molecule has 0 saturated heterocycles. The molecule has 0 aliphatic heterocycles. The molecule has 0 bridgehead atoms. The van der Waals surface area contributed by atoms with E-state index in [-0.39, 0.29) is 0 Å². The maximum atomic E-state index is 5.16. The van der Waals surface area contributed by atoms with Gasteiger partial charge in [0.15, 0.2) is 0 Å². The molecule has 7 nitrogen and oxygen atoms in total. The average molecular weight is 320 g/mol. The summed E-state index contributed by atoms with van der Waals surface area (Å²) in [6.45, 7) is 1.96. The minimum absolute atomic E-state index is 0.661. The second-order valence-electron chi connectivity index (χ2n) is 5.33. The summed E-state index contributed by atoms with van der Waals surface area (Å²) in [6.07, 6.45) is 5.46. The smallest absolute Gasteiger partial charge is 0.234 e. The molecule has 3 aromatic heterocycles. The monoisotopic (exact) mass is 320 g/mol. The number of nitrogens with one attached hydrogen (secondary N) is 2. The van der Waals surface area contributed by atoms with Crippen molar-refractivity contribution < 1.29 is 4.74 Å². The van der Waals surface area contributed by atoms with E-state index in [4.69, 9.17) is 4.74 Å². The molecule has 120 valence electrons. The van der Waals surface area contributed by atoms with Crippen molar-refractivity contribution in [3.05, 3.63) is 54.6 Å². The van der Waals surface area contributed by atoms with Gasteiger partial charge in [0.2, 0.25) is 11.7 Å². The van der Waals surface area contributed by atoms with Gasteiger partial charge in [0.05, 0.1) is 30.4 Å². The van der Waals surface area contributed by atoms with Crippen molar-refractivity contribution in [2.75, 3.05) is 12.4 Å².